The van der Waals surface area contributed by atoms with Gasteiger partial charge >= 0.3 is 0 Å². The van der Waals surface area contributed by atoms with Gasteiger partial charge in [0.05, 0.1) is 12.9 Å². The van der Waals surface area contributed by atoms with Gasteiger partial charge in [0.2, 0.25) is 6.79 Å². The van der Waals surface area contributed by atoms with Gasteiger partial charge in [-0.05, 0) is 43.5 Å². The van der Waals surface area contributed by atoms with Gasteiger partial charge in [-0.1, -0.05) is 6.07 Å². The fourth-order valence-electron chi connectivity index (χ4n) is 1.64. The van der Waals surface area contributed by atoms with Crippen molar-refractivity contribution < 1.29 is 14.2 Å². The van der Waals surface area contributed by atoms with Gasteiger partial charge in [0, 0.05) is 0 Å². The van der Waals surface area contributed by atoms with E-state index >= 15 is 0 Å². The number of ether oxygens (including phenoxy) is 3. The zero-order valence-electron chi connectivity index (χ0n) is 9.66. The number of allylic oxidation sites excluding steroid dienone is 1. The Labute approximate surface area is 95.6 Å². The Balaban J connectivity index is 2.05. The third-order valence-corrected chi connectivity index (χ3v) is 2.37. The van der Waals surface area contributed by atoms with Gasteiger partial charge in [0.25, 0.3) is 0 Å². The lowest BCUT2D eigenvalue weighted by Crippen LogP contribution is -1.93. The molecule has 1 heterocycles. The molecule has 0 saturated carbocycles. The average Bonchev–Trinajstić information content (AvgIpc) is 2.73. The van der Waals surface area contributed by atoms with Crippen molar-refractivity contribution in [2.45, 2.75) is 20.3 Å². The molecule has 0 amide bonds. The highest BCUT2D eigenvalue weighted by atomic mass is 16.7. The van der Waals surface area contributed by atoms with Crippen LogP contribution >= 0.6 is 0 Å². The second-order valence-electron chi connectivity index (χ2n) is 3.78. The van der Waals surface area contributed by atoms with Crippen molar-refractivity contribution in [3.8, 4) is 11.5 Å². The molecule has 86 valence electrons. The SMILES string of the molecule is CCOC=C(C)Cc1ccc2c(c1)OCO2. The molecule has 0 N–H and O–H groups in total. The van der Waals surface area contributed by atoms with Gasteiger partial charge in [-0.2, -0.15) is 0 Å². The number of benzene rings is 1. The van der Waals surface area contributed by atoms with Crippen molar-refractivity contribution in [3.05, 3.63) is 35.6 Å². The van der Waals surface area contributed by atoms with Crippen LogP contribution in [0.2, 0.25) is 0 Å². The first kappa shape index (κ1) is 10.9. The summed E-state index contributed by atoms with van der Waals surface area (Å²) in [6.45, 7) is 5.07. The van der Waals surface area contributed by atoms with Crippen LogP contribution in [0.25, 0.3) is 0 Å². The summed E-state index contributed by atoms with van der Waals surface area (Å²) in [7, 11) is 0. The van der Waals surface area contributed by atoms with Gasteiger partial charge in [0.1, 0.15) is 0 Å². The molecule has 0 aliphatic carbocycles. The molecule has 0 fully saturated rings. The van der Waals surface area contributed by atoms with Crippen molar-refractivity contribution in [1.29, 1.82) is 0 Å². The molecule has 3 nitrogen and oxygen atoms in total. The van der Waals surface area contributed by atoms with Gasteiger partial charge in [-0.25, -0.2) is 0 Å². The van der Waals surface area contributed by atoms with Crippen molar-refractivity contribution in [2.24, 2.45) is 0 Å². The lowest BCUT2D eigenvalue weighted by Gasteiger charge is -2.04. The van der Waals surface area contributed by atoms with Crippen molar-refractivity contribution in [2.75, 3.05) is 13.4 Å². The molecule has 3 heteroatoms. The highest BCUT2D eigenvalue weighted by Gasteiger charge is 2.12. The fraction of sp³-hybridized carbons (Fsp3) is 0.385. The number of rotatable bonds is 4. The van der Waals surface area contributed by atoms with Crippen LogP contribution in [0.4, 0.5) is 0 Å². The predicted octanol–water partition coefficient (Wildman–Crippen LogP) is 2.90. The first-order valence-electron chi connectivity index (χ1n) is 5.45. The molecule has 2 rings (SSSR count). The molecule has 0 spiro atoms. The maximum atomic E-state index is 5.33. The van der Waals surface area contributed by atoms with Crippen LogP contribution in [0.15, 0.2) is 30.0 Å². The summed E-state index contributed by atoms with van der Waals surface area (Å²) >= 11 is 0. The Hall–Kier alpha value is -1.64. The highest BCUT2D eigenvalue weighted by Crippen LogP contribution is 2.32. The van der Waals surface area contributed by atoms with Gasteiger partial charge < -0.3 is 14.2 Å². The van der Waals surface area contributed by atoms with E-state index in [0.717, 1.165) is 17.9 Å². The van der Waals surface area contributed by atoms with Crippen LogP contribution < -0.4 is 9.47 Å². The molecule has 16 heavy (non-hydrogen) atoms. The topological polar surface area (TPSA) is 27.7 Å². The van der Waals surface area contributed by atoms with Crippen LogP contribution in [0, 0.1) is 0 Å². The molecule has 0 atom stereocenters. The molecule has 0 saturated heterocycles. The zero-order chi connectivity index (χ0) is 11.4. The van der Waals surface area contributed by atoms with Crippen LogP contribution in [0.1, 0.15) is 19.4 Å². The minimum atomic E-state index is 0.326. The number of hydrogen-bond donors (Lipinski definition) is 0. The summed E-state index contributed by atoms with van der Waals surface area (Å²) < 4.78 is 15.8. The lowest BCUT2D eigenvalue weighted by molar-refractivity contribution is 0.174. The molecule has 0 radical (unpaired) electrons. The molecule has 1 aliphatic heterocycles. The van der Waals surface area contributed by atoms with E-state index in [4.69, 9.17) is 14.2 Å². The molecule has 0 unspecified atom stereocenters. The van der Waals surface area contributed by atoms with E-state index in [1.54, 1.807) is 0 Å². The first-order valence-corrected chi connectivity index (χ1v) is 5.45. The van der Waals surface area contributed by atoms with Crippen LogP contribution in [0.5, 0.6) is 11.5 Å². The molecule has 1 aromatic rings. The monoisotopic (exact) mass is 220 g/mol. The maximum absolute atomic E-state index is 5.33. The largest absolute Gasteiger partial charge is 0.502 e. The average molecular weight is 220 g/mol. The minimum Gasteiger partial charge on any atom is -0.502 e. The molecular formula is C13H16O3. The minimum absolute atomic E-state index is 0.326. The predicted molar refractivity (Wildman–Crippen MR) is 61.7 cm³/mol. The van der Waals surface area contributed by atoms with Crippen molar-refractivity contribution in [3.63, 3.8) is 0 Å². The maximum Gasteiger partial charge on any atom is 0.231 e. The molecule has 1 aliphatic rings. The zero-order valence-corrected chi connectivity index (χ0v) is 9.66. The second-order valence-corrected chi connectivity index (χ2v) is 3.78. The Morgan fingerprint density at radius 3 is 3.00 bits per heavy atom. The quantitative estimate of drug-likeness (QED) is 0.730. The lowest BCUT2D eigenvalue weighted by atomic mass is 10.1. The van der Waals surface area contributed by atoms with Crippen LogP contribution in [0.3, 0.4) is 0 Å². The Morgan fingerprint density at radius 2 is 2.19 bits per heavy atom. The molecule has 0 aromatic heterocycles. The Bertz CT molecular complexity index is 396. The first-order chi connectivity index (χ1) is 7.79. The highest BCUT2D eigenvalue weighted by molar-refractivity contribution is 5.45. The third kappa shape index (κ3) is 2.48. The van der Waals surface area contributed by atoms with E-state index in [2.05, 4.69) is 13.0 Å². The standard InChI is InChI=1S/C13H16O3/c1-3-14-8-10(2)6-11-4-5-12-13(7-11)16-9-15-12/h4-5,7-8H,3,6,9H2,1-2H3. The van der Waals surface area contributed by atoms with E-state index in [9.17, 15) is 0 Å². The Kier molecular flexibility index (Phi) is 3.34. The Morgan fingerprint density at radius 1 is 1.38 bits per heavy atom. The van der Waals surface area contributed by atoms with Gasteiger partial charge in [-0.3, -0.25) is 0 Å². The van der Waals surface area contributed by atoms with Crippen molar-refractivity contribution >= 4 is 0 Å². The van der Waals surface area contributed by atoms with E-state index in [1.165, 1.54) is 11.1 Å². The number of hydrogen-bond acceptors (Lipinski definition) is 3. The molecule has 1 aromatic carbocycles. The van der Waals surface area contributed by atoms with Gasteiger partial charge in [-0.15, -0.1) is 0 Å². The normalized spacial score (nSPS) is 14.0. The van der Waals surface area contributed by atoms with Crippen LogP contribution in [-0.4, -0.2) is 13.4 Å². The third-order valence-electron chi connectivity index (χ3n) is 2.37. The van der Waals surface area contributed by atoms with E-state index in [-0.39, 0.29) is 0 Å². The second kappa shape index (κ2) is 4.92. The van der Waals surface area contributed by atoms with Crippen molar-refractivity contribution in [1.82, 2.24) is 0 Å². The van der Waals surface area contributed by atoms with Crippen LogP contribution in [-0.2, 0) is 11.2 Å². The van der Waals surface area contributed by atoms with E-state index in [1.807, 2.05) is 25.3 Å². The summed E-state index contributed by atoms with van der Waals surface area (Å²) in [6, 6.07) is 6.02. The fourth-order valence-corrected chi connectivity index (χ4v) is 1.64. The summed E-state index contributed by atoms with van der Waals surface area (Å²) in [5.41, 5.74) is 2.40. The molecular weight excluding hydrogens is 204 g/mol. The molecule has 0 bridgehead atoms. The van der Waals surface area contributed by atoms with E-state index < -0.39 is 0 Å². The van der Waals surface area contributed by atoms with E-state index in [0.29, 0.717) is 13.4 Å². The summed E-state index contributed by atoms with van der Waals surface area (Å²) in [6.07, 6.45) is 2.68. The smallest absolute Gasteiger partial charge is 0.231 e. The summed E-state index contributed by atoms with van der Waals surface area (Å²) in [5, 5.41) is 0. The summed E-state index contributed by atoms with van der Waals surface area (Å²) in [5.74, 6) is 1.66. The van der Waals surface area contributed by atoms with Gasteiger partial charge in [0.15, 0.2) is 11.5 Å². The summed E-state index contributed by atoms with van der Waals surface area (Å²) in [4.78, 5) is 0. The number of fused-ring (bicyclic) bond motifs is 1.